The van der Waals surface area contributed by atoms with Crippen LogP contribution in [0.2, 0.25) is 0 Å². The lowest BCUT2D eigenvalue weighted by Gasteiger charge is -2.42. The molecule has 0 aromatic rings. The summed E-state index contributed by atoms with van der Waals surface area (Å²) in [6.07, 6.45) is 3.35. The average molecular weight is 282 g/mol. The van der Waals surface area contributed by atoms with Gasteiger partial charge < -0.3 is 9.47 Å². The summed E-state index contributed by atoms with van der Waals surface area (Å²) in [6.45, 7) is 12.5. The summed E-state index contributed by atoms with van der Waals surface area (Å²) >= 11 is 0. The van der Waals surface area contributed by atoms with Crippen molar-refractivity contribution in [3.63, 3.8) is 0 Å². The summed E-state index contributed by atoms with van der Waals surface area (Å²) in [5, 5.41) is 0. The maximum atomic E-state index is 11.9. The van der Waals surface area contributed by atoms with Gasteiger partial charge in [-0.3, -0.25) is 4.79 Å². The molecular weight excluding hydrogens is 256 g/mol. The third-order valence-electron chi connectivity index (χ3n) is 3.97. The number of carbonyl (C=O) groups excluding carboxylic acids is 2. The zero-order chi connectivity index (χ0) is 15.6. The van der Waals surface area contributed by atoms with Crippen LogP contribution in [0.5, 0.6) is 0 Å². The fourth-order valence-electron chi connectivity index (χ4n) is 2.50. The van der Waals surface area contributed by atoms with Gasteiger partial charge in [0.15, 0.2) is 5.60 Å². The number of hydrogen-bond donors (Lipinski definition) is 0. The lowest BCUT2D eigenvalue weighted by molar-refractivity contribution is -0.205. The van der Waals surface area contributed by atoms with Crippen LogP contribution in [-0.2, 0) is 19.1 Å². The highest BCUT2D eigenvalue weighted by Crippen LogP contribution is 2.44. The molecule has 1 fully saturated rings. The van der Waals surface area contributed by atoms with Crippen LogP contribution in [0.1, 0.15) is 60.3 Å². The predicted molar refractivity (Wildman–Crippen MR) is 77.1 cm³/mol. The van der Waals surface area contributed by atoms with E-state index >= 15 is 0 Å². The SMILES string of the molecule is C=C(C)C(=O)OC1(C(C)(C)OC(=O)C(C)C)CCCC1. The Morgan fingerprint density at radius 1 is 1.20 bits per heavy atom. The van der Waals surface area contributed by atoms with Crippen LogP contribution in [0, 0.1) is 5.92 Å². The molecule has 0 saturated heterocycles. The fraction of sp³-hybridized carbons (Fsp3) is 0.750. The van der Waals surface area contributed by atoms with Crippen LogP contribution in [0.15, 0.2) is 12.2 Å². The average Bonchev–Trinajstić information content (AvgIpc) is 2.78. The molecule has 0 aliphatic heterocycles. The third kappa shape index (κ3) is 3.41. The van der Waals surface area contributed by atoms with Gasteiger partial charge in [-0.05, 0) is 46.5 Å². The molecule has 0 atom stereocenters. The zero-order valence-corrected chi connectivity index (χ0v) is 13.2. The molecule has 1 aliphatic rings. The van der Waals surface area contributed by atoms with Crippen molar-refractivity contribution in [3.8, 4) is 0 Å². The summed E-state index contributed by atoms with van der Waals surface area (Å²) in [5.41, 5.74) is -1.22. The molecule has 0 heterocycles. The molecule has 0 aromatic carbocycles. The summed E-state index contributed by atoms with van der Waals surface area (Å²) in [6, 6.07) is 0. The van der Waals surface area contributed by atoms with Gasteiger partial charge in [-0.15, -0.1) is 0 Å². The van der Waals surface area contributed by atoms with Crippen molar-refractivity contribution in [3.05, 3.63) is 12.2 Å². The Labute approximate surface area is 121 Å². The van der Waals surface area contributed by atoms with E-state index in [9.17, 15) is 9.59 Å². The molecule has 0 unspecified atom stereocenters. The van der Waals surface area contributed by atoms with Crippen LogP contribution in [0.4, 0.5) is 0 Å². The number of carbonyl (C=O) groups is 2. The smallest absolute Gasteiger partial charge is 0.333 e. The van der Waals surface area contributed by atoms with Crippen molar-refractivity contribution in [1.29, 1.82) is 0 Å². The second-order valence-electron chi connectivity index (χ2n) is 6.46. The van der Waals surface area contributed by atoms with Crippen molar-refractivity contribution in [1.82, 2.24) is 0 Å². The largest absolute Gasteiger partial charge is 0.455 e. The number of hydrogen-bond acceptors (Lipinski definition) is 4. The molecule has 0 amide bonds. The number of esters is 2. The first-order valence-corrected chi connectivity index (χ1v) is 7.23. The van der Waals surface area contributed by atoms with Gasteiger partial charge in [-0.25, -0.2) is 4.79 Å². The van der Waals surface area contributed by atoms with Gasteiger partial charge in [0, 0.05) is 5.57 Å². The van der Waals surface area contributed by atoms with Gasteiger partial charge in [-0.2, -0.15) is 0 Å². The van der Waals surface area contributed by atoms with E-state index in [4.69, 9.17) is 9.47 Å². The standard InChI is InChI=1S/C16H26O4/c1-11(2)13(17)19-15(5,6)16(9-7-8-10-16)20-14(18)12(3)4/h11H,3,7-10H2,1-2,4-6H3. The second kappa shape index (κ2) is 5.98. The van der Waals surface area contributed by atoms with E-state index in [0.717, 1.165) is 12.8 Å². The van der Waals surface area contributed by atoms with Crippen LogP contribution in [-0.4, -0.2) is 23.1 Å². The molecule has 0 bridgehead atoms. The minimum Gasteiger partial charge on any atom is -0.455 e. The zero-order valence-electron chi connectivity index (χ0n) is 13.2. The minimum atomic E-state index is -0.837. The van der Waals surface area contributed by atoms with Crippen LogP contribution < -0.4 is 0 Å². The first kappa shape index (κ1) is 16.7. The Kier molecular flexibility index (Phi) is 5.00. The highest BCUT2D eigenvalue weighted by atomic mass is 16.6. The second-order valence-corrected chi connectivity index (χ2v) is 6.46. The lowest BCUT2D eigenvalue weighted by atomic mass is 9.83. The number of ether oxygens (including phenoxy) is 2. The Morgan fingerprint density at radius 3 is 2.10 bits per heavy atom. The Hall–Kier alpha value is -1.32. The van der Waals surface area contributed by atoms with Gasteiger partial charge in [-0.1, -0.05) is 20.4 Å². The summed E-state index contributed by atoms with van der Waals surface area (Å²) in [4.78, 5) is 23.8. The van der Waals surface area contributed by atoms with Crippen molar-refractivity contribution in [2.24, 2.45) is 5.92 Å². The molecular formula is C16H26O4. The van der Waals surface area contributed by atoms with E-state index in [0.29, 0.717) is 18.4 Å². The van der Waals surface area contributed by atoms with Crippen LogP contribution in [0.3, 0.4) is 0 Å². The van der Waals surface area contributed by atoms with Crippen LogP contribution in [0.25, 0.3) is 0 Å². The molecule has 1 rings (SSSR count). The van der Waals surface area contributed by atoms with Crippen LogP contribution >= 0.6 is 0 Å². The van der Waals surface area contributed by atoms with E-state index in [1.165, 1.54) is 0 Å². The quantitative estimate of drug-likeness (QED) is 0.573. The molecule has 0 radical (unpaired) electrons. The van der Waals surface area contributed by atoms with E-state index in [1.807, 2.05) is 13.8 Å². The normalized spacial score (nSPS) is 17.9. The highest BCUT2D eigenvalue weighted by Gasteiger charge is 2.53. The molecule has 4 heteroatoms. The lowest BCUT2D eigenvalue weighted by Crippen LogP contribution is -2.54. The van der Waals surface area contributed by atoms with E-state index in [-0.39, 0.29) is 11.9 Å². The maximum Gasteiger partial charge on any atom is 0.333 e. The van der Waals surface area contributed by atoms with Gasteiger partial charge in [0.1, 0.15) is 5.60 Å². The molecule has 0 spiro atoms. The Balaban J connectivity index is 2.96. The molecule has 20 heavy (non-hydrogen) atoms. The van der Waals surface area contributed by atoms with E-state index in [2.05, 4.69) is 6.58 Å². The maximum absolute atomic E-state index is 11.9. The van der Waals surface area contributed by atoms with Crippen molar-refractivity contribution in [2.75, 3.05) is 0 Å². The van der Waals surface area contributed by atoms with Crippen molar-refractivity contribution in [2.45, 2.75) is 71.5 Å². The third-order valence-corrected chi connectivity index (χ3v) is 3.97. The summed E-state index contributed by atoms with van der Waals surface area (Å²) in [5.74, 6) is -0.891. The van der Waals surface area contributed by atoms with Gasteiger partial charge >= 0.3 is 11.9 Å². The van der Waals surface area contributed by atoms with Gasteiger partial charge in [0.05, 0.1) is 5.92 Å². The first-order chi connectivity index (χ1) is 9.11. The topological polar surface area (TPSA) is 52.6 Å². The van der Waals surface area contributed by atoms with Gasteiger partial charge in [0.2, 0.25) is 0 Å². The Bertz CT molecular complexity index is 401. The van der Waals surface area contributed by atoms with Crippen molar-refractivity contribution >= 4 is 11.9 Å². The molecule has 0 aromatic heterocycles. The molecule has 1 aliphatic carbocycles. The molecule has 0 N–H and O–H groups in total. The summed E-state index contributed by atoms with van der Waals surface area (Å²) < 4.78 is 11.3. The van der Waals surface area contributed by atoms with Gasteiger partial charge in [0.25, 0.3) is 0 Å². The highest BCUT2D eigenvalue weighted by molar-refractivity contribution is 5.87. The fourth-order valence-corrected chi connectivity index (χ4v) is 2.50. The molecule has 114 valence electrons. The minimum absolute atomic E-state index is 0.204. The molecule has 4 nitrogen and oxygen atoms in total. The first-order valence-electron chi connectivity index (χ1n) is 7.23. The predicted octanol–water partition coefficient (Wildman–Crippen LogP) is 3.40. The number of rotatable bonds is 5. The monoisotopic (exact) mass is 282 g/mol. The molecule has 1 saturated carbocycles. The van der Waals surface area contributed by atoms with E-state index in [1.54, 1.807) is 20.8 Å². The van der Waals surface area contributed by atoms with Crippen molar-refractivity contribution < 1.29 is 19.1 Å². The summed E-state index contributed by atoms with van der Waals surface area (Å²) in [7, 11) is 0. The van der Waals surface area contributed by atoms with E-state index < -0.39 is 17.2 Å². The Morgan fingerprint density at radius 2 is 1.70 bits per heavy atom.